The van der Waals surface area contributed by atoms with Crippen molar-refractivity contribution in [1.29, 1.82) is 0 Å². The Morgan fingerprint density at radius 2 is 2.07 bits per heavy atom. The number of thioether (sulfide) groups is 1. The number of hydrogen-bond donors (Lipinski definition) is 1. The highest BCUT2D eigenvalue weighted by atomic mass is 127. The molecule has 10 heteroatoms. The molecule has 0 aliphatic carbocycles. The topological polar surface area (TPSA) is 61.6 Å². The van der Waals surface area contributed by atoms with Crippen LogP contribution in [0.15, 0.2) is 22.5 Å². The van der Waals surface area contributed by atoms with Crippen LogP contribution in [0.2, 0.25) is 0 Å². The fourth-order valence-corrected chi connectivity index (χ4v) is 4.23. The van der Waals surface area contributed by atoms with Gasteiger partial charge in [-0.25, -0.2) is 4.99 Å². The van der Waals surface area contributed by atoms with Crippen LogP contribution in [0.1, 0.15) is 18.1 Å². The number of rotatable bonds is 7. The molecule has 3 heterocycles. The van der Waals surface area contributed by atoms with Gasteiger partial charge in [0, 0.05) is 39.8 Å². The molecule has 1 N–H and O–H groups in total. The van der Waals surface area contributed by atoms with E-state index in [4.69, 9.17) is 4.99 Å². The summed E-state index contributed by atoms with van der Waals surface area (Å²) in [5.41, 5.74) is 0. The summed E-state index contributed by atoms with van der Waals surface area (Å²) in [5.74, 6) is 3.96. The molecule has 2 aromatic heterocycles. The molecule has 0 aromatic carbocycles. The number of aryl methyl sites for hydroxylation is 1. The smallest absolute Gasteiger partial charge is 0.194 e. The highest BCUT2D eigenvalue weighted by Gasteiger charge is 2.20. The van der Waals surface area contributed by atoms with Gasteiger partial charge in [0.1, 0.15) is 12.4 Å². The van der Waals surface area contributed by atoms with Crippen LogP contribution in [-0.4, -0.2) is 70.4 Å². The lowest BCUT2D eigenvalue weighted by atomic mass is 10.3. The van der Waals surface area contributed by atoms with Crippen LogP contribution in [0, 0.1) is 6.92 Å². The number of nitrogens with one attached hydrogen (secondary N) is 1. The van der Waals surface area contributed by atoms with Crippen molar-refractivity contribution in [2.75, 3.05) is 49.6 Å². The Morgan fingerprint density at radius 1 is 1.29 bits per heavy atom. The Kier molecular flexibility index (Phi) is 9.86. The molecule has 0 spiro atoms. The van der Waals surface area contributed by atoms with Crippen molar-refractivity contribution in [2.24, 2.45) is 12.0 Å². The molecule has 1 aliphatic rings. The zero-order valence-electron chi connectivity index (χ0n) is 16.8. The zero-order chi connectivity index (χ0) is 19.1. The number of anilines is 1. The van der Waals surface area contributed by atoms with Gasteiger partial charge in [-0.1, -0.05) is 0 Å². The van der Waals surface area contributed by atoms with Gasteiger partial charge in [0.25, 0.3) is 0 Å². The van der Waals surface area contributed by atoms with E-state index in [1.165, 1.54) is 5.00 Å². The van der Waals surface area contributed by atoms with Crippen molar-refractivity contribution in [3.05, 3.63) is 29.2 Å². The third-order valence-corrected chi connectivity index (χ3v) is 6.38. The normalized spacial score (nSPS) is 14.9. The van der Waals surface area contributed by atoms with Gasteiger partial charge in [-0.3, -0.25) is 0 Å². The number of aromatic nitrogens is 3. The molecule has 0 radical (unpaired) electrons. The van der Waals surface area contributed by atoms with Gasteiger partial charge in [-0.05, 0) is 42.9 Å². The molecule has 1 fully saturated rings. The fourth-order valence-electron chi connectivity index (χ4n) is 3.01. The average Bonchev–Trinajstić information content (AvgIpc) is 3.33. The van der Waals surface area contributed by atoms with Gasteiger partial charge in [0.2, 0.25) is 0 Å². The molecule has 0 bridgehead atoms. The highest BCUT2D eigenvalue weighted by molar-refractivity contribution is 14.0. The summed E-state index contributed by atoms with van der Waals surface area (Å²) >= 11 is 3.69. The summed E-state index contributed by atoms with van der Waals surface area (Å²) in [4.78, 5) is 9.69. The summed E-state index contributed by atoms with van der Waals surface area (Å²) < 4.78 is 2.00. The summed E-state index contributed by atoms with van der Waals surface area (Å²) in [7, 11) is 1.99. The molecule has 28 heavy (non-hydrogen) atoms. The number of aliphatic imine (C=N–C) groups is 1. The molecule has 1 aliphatic heterocycles. The fraction of sp³-hybridized carbons (Fsp3) is 0.611. The number of guanidine groups is 1. The van der Waals surface area contributed by atoms with E-state index in [1.807, 2.05) is 41.6 Å². The summed E-state index contributed by atoms with van der Waals surface area (Å²) in [5, 5.41) is 15.4. The summed E-state index contributed by atoms with van der Waals surface area (Å²) in [6.07, 6.45) is 3.29. The van der Waals surface area contributed by atoms with Gasteiger partial charge in [-0.15, -0.1) is 45.5 Å². The Labute approximate surface area is 193 Å². The number of piperazine rings is 1. The van der Waals surface area contributed by atoms with E-state index >= 15 is 0 Å². The zero-order valence-corrected chi connectivity index (χ0v) is 20.8. The van der Waals surface area contributed by atoms with Crippen molar-refractivity contribution < 1.29 is 0 Å². The Morgan fingerprint density at radius 3 is 2.68 bits per heavy atom. The van der Waals surface area contributed by atoms with Crippen LogP contribution in [0.4, 0.5) is 5.00 Å². The standard InChI is InChI=1S/C18H29N7S2.HI/c1-15-21-22-16(23(15)2)14-20-18(19-7-5-12-26-3)25-10-8-24(9-11-25)17-6-4-13-27-17;/h4,6,13H,5,7-12,14H2,1-3H3,(H,19,20);1H. The lowest BCUT2D eigenvalue weighted by Crippen LogP contribution is -2.52. The molecule has 156 valence electrons. The van der Waals surface area contributed by atoms with Crippen molar-refractivity contribution in [1.82, 2.24) is 25.0 Å². The van der Waals surface area contributed by atoms with Crippen LogP contribution < -0.4 is 10.2 Å². The first kappa shape index (κ1) is 23.3. The molecule has 0 amide bonds. The largest absolute Gasteiger partial charge is 0.360 e. The Hall–Kier alpha value is -1.01. The van der Waals surface area contributed by atoms with Gasteiger partial charge in [0.15, 0.2) is 11.8 Å². The monoisotopic (exact) mass is 535 g/mol. The predicted molar refractivity (Wildman–Crippen MR) is 131 cm³/mol. The summed E-state index contributed by atoms with van der Waals surface area (Å²) in [6.45, 7) is 7.46. The van der Waals surface area contributed by atoms with E-state index in [-0.39, 0.29) is 24.0 Å². The molecule has 0 unspecified atom stereocenters. The van der Waals surface area contributed by atoms with Crippen LogP contribution in [0.3, 0.4) is 0 Å². The maximum atomic E-state index is 4.86. The molecule has 3 rings (SSSR count). The van der Waals surface area contributed by atoms with Gasteiger partial charge < -0.3 is 19.7 Å². The van der Waals surface area contributed by atoms with E-state index in [0.29, 0.717) is 6.54 Å². The molecule has 0 saturated carbocycles. The van der Waals surface area contributed by atoms with E-state index in [9.17, 15) is 0 Å². The van der Waals surface area contributed by atoms with Crippen LogP contribution >= 0.6 is 47.1 Å². The second kappa shape index (κ2) is 11.9. The molecule has 7 nitrogen and oxygen atoms in total. The lowest BCUT2D eigenvalue weighted by Gasteiger charge is -2.37. The first-order chi connectivity index (χ1) is 13.2. The SMILES string of the molecule is CSCCCNC(=NCc1nnc(C)n1C)N1CCN(c2cccs2)CC1.I. The molecular weight excluding hydrogens is 505 g/mol. The van der Waals surface area contributed by atoms with Crippen LogP contribution in [0.5, 0.6) is 0 Å². The van der Waals surface area contributed by atoms with Crippen molar-refractivity contribution in [3.8, 4) is 0 Å². The third-order valence-electron chi connectivity index (χ3n) is 4.76. The summed E-state index contributed by atoms with van der Waals surface area (Å²) in [6, 6.07) is 4.32. The van der Waals surface area contributed by atoms with Gasteiger partial charge in [-0.2, -0.15) is 11.8 Å². The molecular formula is C18H30IN7S2. The maximum Gasteiger partial charge on any atom is 0.194 e. The predicted octanol–water partition coefficient (Wildman–Crippen LogP) is 2.82. The average molecular weight is 536 g/mol. The first-order valence-electron chi connectivity index (χ1n) is 9.34. The number of nitrogens with zero attached hydrogens (tertiary/aromatic N) is 6. The maximum absolute atomic E-state index is 4.86. The third kappa shape index (κ3) is 6.24. The Bertz CT molecular complexity index is 724. The van der Waals surface area contributed by atoms with E-state index < -0.39 is 0 Å². The minimum absolute atomic E-state index is 0. The van der Waals surface area contributed by atoms with Crippen LogP contribution in [-0.2, 0) is 13.6 Å². The molecule has 2 aromatic rings. The minimum atomic E-state index is 0. The Balaban J connectivity index is 0.00000280. The van der Waals surface area contributed by atoms with Crippen molar-refractivity contribution >= 4 is 58.0 Å². The first-order valence-corrected chi connectivity index (χ1v) is 11.6. The van der Waals surface area contributed by atoms with E-state index in [1.54, 1.807) is 0 Å². The second-order valence-corrected chi connectivity index (χ2v) is 8.47. The lowest BCUT2D eigenvalue weighted by molar-refractivity contribution is 0.372. The quantitative estimate of drug-likeness (QED) is 0.255. The number of thiophene rings is 1. The molecule has 1 saturated heterocycles. The highest BCUT2D eigenvalue weighted by Crippen LogP contribution is 2.22. The van der Waals surface area contributed by atoms with Crippen molar-refractivity contribution in [3.63, 3.8) is 0 Å². The van der Waals surface area contributed by atoms with Gasteiger partial charge in [0.05, 0.1) is 5.00 Å². The minimum Gasteiger partial charge on any atom is -0.360 e. The number of halogens is 1. The second-order valence-electron chi connectivity index (χ2n) is 6.56. The number of hydrogen-bond acceptors (Lipinski definition) is 6. The van der Waals surface area contributed by atoms with E-state index in [0.717, 1.165) is 62.5 Å². The van der Waals surface area contributed by atoms with Gasteiger partial charge >= 0.3 is 0 Å². The molecule has 0 atom stereocenters. The van der Waals surface area contributed by atoms with Crippen molar-refractivity contribution in [2.45, 2.75) is 19.9 Å². The van der Waals surface area contributed by atoms with E-state index in [2.05, 4.69) is 49.1 Å². The van der Waals surface area contributed by atoms with Crippen LogP contribution in [0.25, 0.3) is 0 Å².